The maximum Gasteiger partial charge on any atom is 0.248 e. The molecule has 0 aromatic heterocycles. The molecule has 1 amide bonds. The van der Waals surface area contributed by atoms with Gasteiger partial charge in [-0.15, -0.1) is 0 Å². The van der Waals surface area contributed by atoms with Crippen molar-refractivity contribution < 1.29 is 23.0 Å². The summed E-state index contributed by atoms with van der Waals surface area (Å²) >= 11 is 0. The highest BCUT2D eigenvalue weighted by Crippen LogP contribution is 2.21. The van der Waals surface area contributed by atoms with Crippen molar-refractivity contribution in [1.29, 1.82) is 0 Å². The van der Waals surface area contributed by atoms with E-state index in [2.05, 4.69) is 0 Å². The summed E-state index contributed by atoms with van der Waals surface area (Å²) in [6.45, 7) is 1.24. The van der Waals surface area contributed by atoms with E-state index in [-0.39, 0.29) is 18.6 Å². The van der Waals surface area contributed by atoms with Gasteiger partial charge in [0, 0.05) is 39.1 Å². The third-order valence-electron chi connectivity index (χ3n) is 3.26. The molecule has 1 aromatic rings. The molecule has 0 aliphatic carbocycles. The largest absolute Gasteiger partial charge is 0.490 e. The molecule has 1 fully saturated rings. The van der Waals surface area contributed by atoms with Crippen LogP contribution >= 0.6 is 0 Å². The quantitative estimate of drug-likeness (QED) is 0.849. The first kappa shape index (κ1) is 14.7. The average Bonchev–Trinajstić information content (AvgIpc) is 2.44. The second-order valence-corrected chi connectivity index (χ2v) is 4.71. The normalized spacial score (nSPS) is 16.2. The van der Waals surface area contributed by atoms with Crippen molar-refractivity contribution in [1.82, 2.24) is 4.90 Å². The van der Waals surface area contributed by atoms with Crippen LogP contribution in [0.5, 0.6) is 5.75 Å². The van der Waals surface area contributed by atoms with Gasteiger partial charge in [0.1, 0.15) is 18.5 Å². The zero-order valence-electron chi connectivity index (χ0n) is 11.3. The maximum absolute atomic E-state index is 13.1. The fraction of sp³-hybridized carbons (Fsp3) is 0.500. The summed E-state index contributed by atoms with van der Waals surface area (Å²) in [5, 5.41) is 0. The van der Waals surface area contributed by atoms with Gasteiger partial charge in [-0.1, -0.05) is 0 Å². The lowest BCUT2D eigenvalue weighted by molar-refractivity contribution is -0.136. The number of methoxy groups -OCH3 is 1. The first-order chi connectivity index (χ1) is 9.60. The lowest BCUT2D eigenvalue weighted by atomic mass is 10.1. The number of likely N-dealkylation sites (tertiary alicyclic amines) is 1. The molecule has 0 unspecified atom stereocenters. The van der Waals surface area contributed by atoms with Gasteiger partial charge in [-0.05, 0) is 12.1 Å². The van der Waals surface area contributed by atoms with E-state index in [1.54, 1.807) is 4.90 Å². The van der Waals surface area contributed by atoms with Gasteiger partial charge in [0.15, 0.2) is 11.6 Å². The molecule has 6 heteroatoms. The zero-order valence-corrected chi connectivity index (χ0v) is 11.3. The number of halogens is 2. The third-order valence-corrected chi connectivity index (χ3v) is 3.26. The molecule has 1 aromatic carbocycles. The van der Waals surface area contributed by atoms with Crippen molar-refractivity contribution in [2.24, 2.45) is 0 Å². The molecule has 110 valence electrons. The minimum Gasteiger partial charge on any atom is -0.490 e. The van der Waals surface area contributed by atoms with Crippen LogP contribution in [-0.2, 0) is 9.53 Å². The Balaban J connectivity index is 1.85. The van der Waals surface area contributed by atoms with Gasteiger partial charge in [-0.3, -0.25) is 4.79 Å². The minimum atomic E-state index is -0.921. The van der Waals surface area contributed by atoms with Gasteiger partial charge in [-0.25, -0.2) is 8.78 Å². The number of benzene rings is 1. The Morgan fingerprint density at radius 2 is 2.00 bits per heavy atom. The molecule has 0 bridgehead atoms. The van der Waals surface area contributed by atoms with Crippen molar-refractivity contribution in [3.05, 3.63) is 29.8 Å². The molecule has 0 spiro atoms. The summed E-state index contributed by atoms with van der Waals surface area (Å²) in [6.07, 6.45) is 1.23. The molecule has 2 rings (SSSR count). The van der Waals surface area contributed by atoms with Gasteiger partial charge >= 0.3 is 0 Å². The van der Waals surface area contributed by atoms with E-state index in [9.17, 15) is 13.6 Å². The predicted molar refractivity (Wildman–Crippen MR) is 68.5 cm³/mol. The van der Waals surface area contributed by atoms with Crippen molar-refractivity contribution in [2.75, 3.05) is 26.8 Å². The average molecular weight is 285 g/mol. The summed E-state index contributed by atoms with van der Waals surface area (Å²) in [6, 6.07) is 3.49. The number of ether oxygens (including phenoxy) is 2. The van der Waals surface area contributed by atoms with Crippen LogP contribution in [0.4, 0.5) is 8.78 Å². The summed E-state index contributed by atoms with van der Waals surface area (Å²) in [5.74, 6) is -1.54. The number of amides is 1. The standard InChI is InChI=1S/C14H17F2NO3/c1-19-9-14(18)17-6-4-10(5-7-17)20-11-2-3-12(15)13(16)8-11/h2-3,8,10H,4-7,9H2,1H3. The highest BCUT2D eigenvalue weighted by molar-refractivity contribution is 5.77. The smallest absolute Gasteiger partial charge is 0.248 e. The van der Waals surface area contributed by atoms with E-state index in [0.29, 0.717) is 31.7 Å². The predicted octanol–water partition coefficient (Wildman–Crippen LogP) is 1.98. The number of nitrogens with zero attached hydrogens (tertiary/aromatic N) is 1. The van der Waals surface area contributed by atoms with Crippen molar-refractivity contribution in [2.45, 2.75) is 18.9 Å². The van der Waals surface area contributed by atoms with Crippen LogP contribution in [0, 0.1) is 11.6 Å². The number of hydrogen-bond donors (Lipinski definition) is 0. The lowest BCUT2D eigenvalue weighted by Crippen LogP contribution is -2.43. The van der Waals surface area contributed by atoms with Gasteiger partial charge in [0.2, 0.25) is 5.91 Å². The molecule has 20 heavy (non-hydrogen) atoms. The van der Waals surface area contributed by atoms with Crippen LogP contribution in [0.25, 0.3) is 0 Å². The topological polar surface area (TPSA) is 38.8 Å². The summed E-state index contributed by atoms with van der Waals surface area (Å²) < 4.78 is 36.3. The highest BCUT2D eigenvalue weighted by atomic mass is 19.2. The molecular weight excluding hydrogens is 268 g/mol. The van der Waals surface area contributed by atoms with E-state index < -0.39 is 11.6 Å². The minimum absolute atomic E-state index is 0.0428. The molecular formula is C14H17F2NO3. The van der Waals surface area contributed by atoms with Crippen molar-refractivity contribution >= 4 is 5.91 Å². The monoisotopic (exact) mass is 285 g/mol. The van der Waals surface area contributed by atoms with Gasteiger partial charge in [0.25, 0.3) is 0 Å². The Bertz CT molecular complexity index is 473. The van der Waals surface area contributed by atoms with Gasteiger partial charge < -0.3 is 14.4 Å². The van der Waals surface area contributed by atoms with Crippen molar-refractivity contribution in [3.63, 3.8) is 0 Å². The fourth-order valence-electron chi connectivity index (χ4n) is 2.18. The van der Waals surface area contributed by atoms with E-state index >= 15 is 0 Å². The van der Waals surface area contributed by atoms with Crippen LogP contribution in [0.1, 0.15) is 12.8 Å². The van der Waals surface area contributed by atoms with E-state index in [1.165, 1.54) is 13.2 Å². The first-order valence-corrected chi connectivity index (χ1v) is 6.48. The Morgan fingerprint density at radius 1 is 1.30 bits per heavy atom. The highest BCUT2D eigenvalue weighted by Gasteiger charge is 2.23. The van der Waals surface area contributed by atoms with E-state index in [0.717, 1.165) is 12.1 Å². The van der Waals surface area contributed by atoms with Gasteiger partial charge in [0.05, 0.1) is 0 Å². The number of piperidine rings is 1. The lowest BCUT2D eigenvalue weighted by Gasteiger charge is -2.32. The Labute approximate surface area is 116 Å². The molecule has 0 atom stereocenters. The second-order valence-electron chi connectivity index (χ2n) is 4.71. The van der Waals surface area contributed by atoms with Gasteiger partial charge in [-0.2, -0.15) is 0 Å². The van der Waals surface area contributed by atoms with E-state index in [4.69, 9.17) is 9.47 Å². The van der Waals surface area contributed by atoms with Crippen molar-refractivity contribution in [3.8, 4) is 5.75 Å². The zero-order chi connectivity index (χ0) is 14.5. The molecule has 1 saturated heterocycles. The Hall–Kier alpha value is -1.69. The van der Waals surface area contributed by atoms with Crippen LogP contribution in [-0.4, -0.2) is 43.7 Å². The summed E-state index contributed by atoms with van der Waals surface area (Å²) in [5.41, 5.74) is 0. The SMILES string of the molecule is COCC(=O)N1CCC(Oc2ccc(F)c(F)c2)CC1. The molecule has 0 radical (unpaired) electrons. The molecule has 1 aliphatic heterocycles. The molecule has 0 N–H and O–H groups in total. The molecule has 1 heterocycles. The molecule has 4 nitrogen and oxygen atoms in total. The summed E-state index contributed by atoms with van der Waals surface area (Å²) in [4.78, 5) is 13.3. The Morgan fingerprint density at radius 3 is 2.60 bits per heavy atom. The third kappa shape index (κ3) is 3.66. The molecule has 1 aliphatic rings. The summed E-state index contributed by atoms with van der Waals surface area (Å²) in [7, 11) is 1.48. The maximum atomic E-state index is 13.1. The molecule has 0 saturated carbocycles. The van der Waals surface area contributed by atoms with E-state index in [1.807, 2.05) is 0 Å². The number of carbonyl (C=O) groups is 1. The second kappa shape index (κ2) is 6.65. The number of carbonyl (C=O) groups excluding carboxylic acids is 1. The van der Waals surface area contributed by atoms with Crippen LogP contribution in [0.2, 0.25) is 0 Å². The number of hydrogen-bond acceptors (Lipinski definition) is 3. The van der Waals surface area contributed by atoms with Crippen LogP contribution in [0.3, 0.4) is 0 Å². The first-order valence-electron chi connectivity index (χ1n) is 6.48. The van der Waals surface area contributed by atoms with Crippen LogP contribution in [0.15, 0.2) is 18.2 Å². The Kier molecular flexibility index (Phi) is 4.89. The fourth-order valence-corrected chi connectivity index (χ4v) is 2.18. The number of rotatable bonds is 4. The van der Waals surface area contributed by atoms with Crippen LogP contribution < -0.4 is 4.74 Å².